The standard InChI is InChI=1S/C9H11N5O2S2/c1-3-7-12-14-9(16-7)17-4-6(15)10-8-13-11-5(2)18-8/h3-4H2,1-2H3,(H,10,13,15). The summed E-state index contributed by atoms with van der Waals surface area (Å²) in [4.78, 5) is 11.6. The maximum atomic E-state index is 11.6. The molecule has 0 aliphatic heterocycles. The van der Waals surface area contributed by atoms with E-state index in [1.165, 1.54) is 23.1 Å². The van der Waals surface area contributed by atoms with Crippen LogP contribution in [-0.4, -0.2) is 32.1 Å². The summed E-state index contributed by atoms with van der Waals surface area (Å²) < 4.78 is 5.27. The summed E-state index contributed by atoms with van der Waals surface area (Å²) in [5, 5.41) is 19.6. The van der Waals surface area contributed by atoms with Gasteiger partial charge in [-0.05, 0) is 6.92 Å². The Morgan fingerprint density at radius 1 is 1.39 bits per heavy atom. The molecule has 0 bridgehead atoms. The number of rotatable bonds is 5. The lowest BCUT2D eigenvalue weighted by Gasteiger charge is -1.97. The lowest BCUT2D eigenvalue weighted by Crippen LogP contribution is -2.13. The topological polar surface area (TPSA) is 93.8 Å². The fourth-order valence-electron chi connectivity index (χ4n) is 1.07. The molecule has 0 saturated carbocycles. The van der Waals surface area contributed by atoms with Crippen molar-refractivity contribution in [1.82, 2.24) is 20.4 Å². The van der Waals surface area contributed by atoms with Crippen LogP contribution in [0, 0.1) is 6.92 Å². The van der Waals surface area contributed by atoms with E-state index in [1.807, 2.05) is 13.8 Å². The second kappa shape index (κ2) is 5.91. The molecule has 1 N–H and O–H groups in total. The molecule has 9 heteroatoms. The van der Waals surface area contributed by atoms with E-state index in [1.54, 1.807) is 0 Å². The highest BCUT2D eigenvalue weighted by Crippen LogP contribution is 2.18. The molecule has 0 aliphatic carbocycles. The number of aromatic nitrogens is 4. The van der Waals surface area contributed by atoms with E-state index in [0.29, 0.717) is 22.7 Å². The predicted molar refractivity (Wildman–Crippen MR) is 67.7 cm³/mol. The Bertz CT molecular complexity index is 539. The van der Waals surface area contributed by atoms with Gasteiger partial charge in [0.25, 0.3) is 5.22 Å². The van der Waals surface area contributed by atoms with E-state index in [2.05, 4.69) is 25.7 Å². The summed E-state index contributed by atoms with van der Waals surface area (Å²) in [6.07, 6.45) is 0.684. The fourth-order valence-corrected chi connectivity index (χ4v) is 2.26. The Balaban J connectivity index is 1.81. The minimum atomic E-state index is -0.174. The van der Waals surface area contributed by atoms with Crippen molar-refractivity contribution in [3.63, 3.8) is 0 Å². The molecule has 0 spiro atoms. The third kappa shape index (κ3) is 3.50. The first kappa shape index (κ1) is 13.0. The highest BCUT2D eigenvalue weighted by Gasteiger charge is 2.10. The molecule has 0 aromatic carbocycles. The average molecular weight is 285 g/mol. The highest BCUT2D eigenvalue weighted by molar-refractivity contribution is 7.99. The zero-order chi connectivity index (χ0) is 13.0. The van der Waals surface area contributed by atoms with Crippen LogP contribution < -0.4 is 5.32 Å². The van der Waals surface area contributed by atoms with Crippen molar-refractivity contribution >= 4 is 34.1 Å². The minimum absolute atomic E-state index is 0.174. The predicted octanol–water partition coefficient (Wildman–Crippen LogP) is 1.52. The van der Waals surface area contributed by atoms with E-state index >= 15 is 0 Å². The minimum Gasteiger partial charge on any atom is -0.416 e. The molecular weight excluding hydrogens is 274 g/mol. The van der Waals surface area contributed by atoms with Crippen LogP contribution in [0.5, 0.6) is 0 Å². The number of thioether (sulfide) groups is 1. The molecule has 2 heterocycles. The summed E-state index contributed by atoms with van der Waals surface area (Å²) in [5.41, 5.74) is 0. The fraction of sp³-hybridized carbons (Fsp3) is 0.444. The number of anilines is 1. The first-order valence-electron chi connectivity index (χ1n) is 5.22. The third-order valence-electron chi connectivity index (χ3n) is 1.85. The molecule has 0 radical (unpaired) electrons. The number of aryl methyl sites for hydroxylation is 2. The van der Waals surface area contributed by atoms with Crippen LogP contribution >= 0.6 is 23.1 Å². The maximum absolute atomic E-state index is 11.6. The van der Waals surface area contributed by atoms with Gasteiger partial charge in [-0.25, -0.2) is 0 Å². The van der Waals surface area contributed by atoms with Crippen molar-refractivity contribution in [3.05, 3.63) is 10.9 Å². The number of carbonyl (C=O) groups excluding carboxylic acids is 1. The quantitative estimate of drug-likeness (QED) is 0.832. The van der Waals surface area contributed by atoms with Gasteiger partial charge in [0.05, 0.1) is 5.75 Å². The van der Waals surface area contributed by atoms with Gasteiger partial charge in [-0.2, -0.15) is 0 Å². The Hall–Kier alpha value is -1.48. The summed E-state index contributed by atoms with van der Waals surface area (Å²) >= 11 is 2.53. The van der Waals surface area contributed by atoms with Crippen molar-refractivity contribution in [3.8, 4) is 0 Å². The number of amides is 1. The summed E-state index contributed by atoms with van der Waals surface area (Å²) in [7, 11) is 0. The summed E-state index contributed by atoms with van der Waals surface area (Å²) in [6, 6.07) is 0. The summed E-state index contributed by atoms with van der Waals surface area (Å²) in [5.74, 6) is 0.592. The molecule has 2 aromatic heterocycles. The van der Waals surface area contributed by atoms with Crippen molar-refractivity contribution in [2.45, 2.75) is 25.5 Å². The van der Waals surface area contributed by atoms with E-state index in [9.17, 15) is 4.79 Å². The van der Waals surface area contributed by atoms with Crippen LogP contribution in [0.3, 0.4) is 0 Å². The first-order chi connectivity index (χ1) is 8.67. The molecule has 0 atom stereocenters. The second-order valence-corrected chi connectivity index (χ2v) is 5.39. The highest BCUT2D eigenvalue weighted by atomic mass is 32.2. The number of carbonyl (C=O) groups is 1. The van der Waals surface area contributed by atoms with Gasteiger partial charge < -0.3 is 4.42 Å². The van der Waals surface area contributed by atoms with Gasteiger partial charge in [0.2, 0.25) is 16.9 Å². The van der Waals surface area contributed by atoms with Gasteiger partial charge in [0.1, 0.15) is 5.01 Å². The molecule has 2 aromatic rings. The van der Waals surface area contributed by atoms with Crippen LogP contribution in [0.25, 0.3) is 0 Å². The first-order valence-corrected chi connectivity index (χ1v) is 7.02. The lowest BCUT2D eigenvalue weighted by molar-refractivity contribution is -0.113. The van der Waals surface area contributed by atoms with Crippen molar-refractivity contribution in [1.29, 1.82) is 0 Å². The van der Waals surface area contributed by atoms with E-state index in [0.717, 1.165) is 5.01 Å². The second-order valence-electron chi connectivity index (χ2n) is 3.28. The van der Waals surface area contributed by atoms with Crippen molar-refractivity contribution < 1.29 is 9.21 Å². The molecule has 1 amide bonds. The van der Waals surface area contributed by atoms with Gasteiger partial charge >= 0.3 is 0 Å². The SMILES string of the molecule is CCc1nnc(SCC(=O)Nc2nnc(C)s2)o1. The molecule has 96 valence electrons. The molecule has 0 aliphatic rings. The van der Waals surface area contributed by atoms with Gasteiger partial charge in [-0.15, -0.1) is 20.4 Å². The van der Waals surface area contributed by atoms with Crippen molar-refractivity contribution in [2.75, 3.05) is 11.1 Å². The van der Waals surface area contributed by atoms with Crippen LogP contribution in [-0.2, 0) is 11.2 Å². The smallest absolute Gasteiger partial charge is 0.277 e. The van der Waals surface area contributed by atoms with Gasteiger partial charge in [-0.3, -0.25) is 10.1 Å². The molecule has 18 heavy (non-hydrogen) atoms. The number of hydrogen-bond donors (Lipinski definition) is 1. The third-order valence-corrected chi connectivity index (χ3v) is 3.42. The Kier molecular flexibility index (Phi) is 4.26. The molecular formula is C9H11N5O2S2. The van der Waals surface area contributed by atoms with Gasteiger partial charge in [0.15, 0.2) is 0 Å². The zero-order valence-electron chi connectivity index (χ0n) is 9.84. The van der Waals surface area contributed by atoms with E-state index in [4.69, 9.17) is 4.42 Å². The average Bonchev–Trinajstić information content (AvgIpc) is 2.95. The Morgan fingerprint density at radius 3 is 2.83 bits per heavy atom. The van der Waals surface area contributed by atoms with Gasteiger partial charge in [-0.1, -0.05) is 30.0 Å². The zero-order valence-corrected chi connectivity index (χ0v) is 11.5. The number of nitrogens with one attached hydrogen (secondary N) is 1. The molecule has 0 fully saturated rings. The normalized spacial score (nSPS) is 10.6. The van der Waals surface area contributed by atoms with Crippen molar-refractivity contribution in [2.24, 2.45) is 0 Å². The lowest BCUT2D eigenvalue weighted by atomic mass is 10.5. The number of nitrogens with zero attached hydrogens (tertiary/aromatic N) is 4. The molecule has 0 unspecified atom stereocenters. The van der Waals surface area contributed by atoms with Crippen LogP contribution in [0.4, 0.5) is 5.13 Å². The molecule has 7 nitrogen and oxygen atoms in total. The van der Waals surface area contributed by atoms with E-state index < -0.39 is 0 Å². The van der Waals surface area contributed by atoms with E-state index in [-0.39, 0.29) is 11.7 Å². The molecule has 2 rings (SSSR count). The Labute approximate surface area is 111 Å². The van der Waals surface area contributed by atoms with Crippen LogP contribution in [0.15, 0.2) is 9.64 Å². The summed E-state index contributed by atoms with van der Waals surface area (Å²) in [6.45, 7) is 3.75. The molecule has 0 saturated heterocycles. The van der Waals surface area contributed by atoms with Crippen LogP contribution in [0.2, 0.25) is 0 Å². The largest absolute Gasteiger partial charge is 0.416 e. The Morgan fingerprint density at radius 2 is 2.22 bits per heavy atom. The van der Waals surface area contributed by atoms with Crippen LogP contribution in [0.1, 0.15) is 17.8 Å². The number of hydrogen-bond acceptors (Lipinski definition) is 8. The monoisotopic (exact) mass is 285 g/mol. The maximum Gasteiger partial charge on any atom is 0.277 e. The van der Waals surface area contributed by atoms with Gasteiger partial charge in [0, 0.05) is 6.42 Å².